The van der Waals surface area contributed by atoms with Crippen LogP contribution in [0.25, 0.3) is 0 Å². The van der Waals surface area contributed by atoms with Crippen LogP contribution < -0.4 is 5.32 Å². The van der Waals surface area contributed by atoms with Crippen LogP contribution in [0, 0.1) is 0 Å². The highest BCUT2D eigenvalue weighted by Crippen LogP contribution is 1.99. The van der Waals surface area contributed by atoms with Crippen molar-refractivity contribution in [2.75, 3.05) is 6.54 Å². The molecular weight excluding hydrogens is 196 g/mol. The van der Waals surface area contributed by atoms with E-state index in [0.717, 1.165) is 31.5 Å². The first-order valence-corrected chi connectivity index (χ1v) is 5.11. The van der Waals surface area contributed by atoms with Crippen molar-refractivity contribution in [1.29, 1.82) is 0 Å². The third-order valence-corrected chi connectivity index (χ3v) is 2.04. The number of nitrogens with one attached hydrogen (secondary N) is 1. The van der Waals surface area contributed by atoms with Crippen molar-refractivity contribution in [3.05, 3.63) is 18.0 Å². The van der Waals surface area contributed by atoms with E-state index >= 15 is 0 Å². The largest absolute Gasteiger partial charge is 0.481 e. The summed E-state index contributed by atoms with van der Waals surface area (Å²) in [5, 5.41) is 15.4. The minimum Gasteiger partial charge on any atom is -0.481 e. The third kappa shape index (κ3) is 5.85. The van der Waals surface area contributed by atoms with E-state index < -0.39 is 5.97 Å². The van der Waals surface area contributed by atoms with Crippen LogP contribution in [0.1, 0.15) is 31.4 Å². The molecule has 0 aliphatic rings. The fourth-order valence-electron chi connectivity index (χ4n) is 1.25. The van der Waals surface area contributed by atoms with E-state index in [1.807, 2.05) is 6.07 Å². The van der Waals surface area contributed by atoms with Gasteiger partial charge in [0, 0.05) is 19.0 Å². The molecule has 15 heavy (non-hydrogen) atoms. The fraction of sp³-hybridized carbons (Fsp3) is 0.600. The van der Waals surface area contributed by atoms with Gasteiger partial charge < -0.3 is 14.9 Å². The molecule has 0 fully saturated rings. The molecule has 1 heterocycles. The molecule has 0 spiro atoms. The Balaban J connectivity index is 1.87. The number of nitrogens with zero attached hydrogens (tertiary/aromatic N) is 1. The predicted octanol–water partition coefficient (Wildman–Crippen LogP) is 1.41. The van der Waals surface area contributed by atoms with Crippen LogP contribution in [-0.2, 0) is 11.3 Å². The lowest BCUT2D eigenvalue weighted by atomic mass is 10.2. The molecule has 1 rings (SSSR count). The average molecular weight is 212 g/mol. The van der Waals surface area contributed by atoms with Crippen molar-refractivity contribution in [1.82, 2.24) is 10.5 Å². The zero-order valence-corrected chi connectivity index (χ0v) is 8.61. The number of aromatic nitrogens is 1. The lowest BCUT2D eigenvalue weighted by Gasteiger charge is -2.01. The number of unbranched alkanes of at least 4 members (excludes halogenated alkanes) is 2. The van der Waals surface area contributed by atoms with Gasteiger partial charge >= 0.3 is 5.97 Å². The van der Waals surface area contributed by atoms with Gasteiger partial charge in [0.2, 0.25) is 0 Å². The average Bonchev–Trinajstić information content (AvgIpc) is 2.68. The maximum Gasteiger partial charge on any atom is 0.303 e. The molecule has 0 amide bonds. The monoisotopic (exact) mass is 212 g/mol. The van der Waals surface area contributed by atoms with Gasteiger partial charge in [-0.1, -0.05) is 11.6 Å². The van der Waals surface area contributed by atoms with Gasteiger partial charge in [0.15, 0.2) is 0 Å². The quantitative estimate of drug-likeness (QED) is 0.637. The number of hydrogen-bond donors (Lipinski definition) is 2. The van der Waals surface area contributed by atoms with Gasteiger partial charge in [0.05, 0.1) is 5.69 Å². The van der Waals surface area contributed by atoms with E-state index in [4.69, 9.17) is 5.11 Å². The summed E-state index contributed by atoms with van der Waals surface area (Å²) in [4.78, 5) is 10.2. The zero-order chi connectivity index (χ0) is 10.9. The molecule has 5 heteroatoms. The van der Waals surface area contributed by atoms with E-state index in [9.17, 15) is 4.79 Å². The Kier molecular flexibility index (Phi) is 5.47. The SMILES string of the molecule is O=C(O)CCCCCNCc1ccon1. The van der Waals surface area contributed by atoms with Crippen molar-refractivity contribution >= 4 is 5.97 Å². The van der Waals surface area contributed by atoms with Crippen LogP contribution in [0.5, 0.6) is 0 Å². The first kappa shape index (κ1) is 11.7. The lowest BCUT2D eigenvalue weighted by Crippen LogP contribution is -2.14. The number of hydrogen-bond acceptors (Lipinski definition) is 4. The van der Waals surface area contributed by atoms with Crippen LogP contribution in [0.2, 0.25) is 0 Å². The molecule has 0 radical (unpaired) electrons. The van der Waals surface area contributed by atoms with Crippen LogP contribution in [0.4, 0.5) is 0 Å². The summed E-state index contributed by atoms with van der Waals surface area (Å²) in [7, 11) is 0. The molecule has 1 aromatic rings. The molecule has 0 aromatic carbocycles. The minimum atomic E-state index is -0.717. The Morgan fingerprint density at radius 1 is 1.47 bits per heavy atom. The Bertz CT molecular complexity index is 272. The van der Waals surface area contributed by atoms with Crippen LogP contribution in [0.15, 0.2) is 16.9 Å². The third-order valence-electron chi connectivity index (χ3n) is 2.04. The molecule has 0 saturated carbocycles. The summed E-state index contributed by atoms with van der Waals surface area (Å²) in [6.07, 6.45) is 4.50. The second-order valence-corrected chi connectivity index (χ2v) is 3.37. The summed E-state index contributed by atoms with van der Waals surface area (Å²) in [6.45, 7) is 1.59. The second-order valence-electron chi connectivity index (χ2n) is 3.37. The van der Waals surface area contributed by atoms with Gasteiger partial charge in [-0.2, -0.15) is 0 Å². The van der Waals surface area contributed by atoms with E-state index in [0.29, 0.717) is 6.54 Å². The molecule has 1 aromatic heterocycles. The van der Waals surface area contributed by atoms with E-state index in [-0.39, 0.29) is 6.42 Å². The van der Waals surface area contributed by atoms with Crippen molar-refractivity contribution in [3.63, 3.8) is 0 Å². The van der Waals surface area contributed by atoms with E-state index in [1.165, 1.54) is 0 Å². The molecule has 0 unspecified atom stereocenters. The minimum absolute atomic E-state index is 0.267. The standard InChI is InChI=1S/C10H16N2O3/c13-10(14)4-2-1-3-6-11-8-9-5-7-15-12-9/h5,7,11H,1-4,6,8H2,(H,13,14). The Morgan fingerprint density at radius 2 is 2.33 bits per heavy atom. The maximum absolute atomic E-state index is 10.2. The molecule has 84 valence electrons. The highest BCUT2D eigenvalue weighted by molar-refractivity contribution is 5.66. The molecule has 0 aliphatic heterocycles. The van der Waals surface area contributed by atoms with Gasteiger partial charge in [-0.05, 0) is 19.4 Å². The molecule has 5 nitrogen and oxygen atoms in total. The van der Waals surface area contributed by atoms with Gasteiger partial charge in [0.25, 0.3) is 0 Å². The molecule has 0 atom stereocenters. The topological polar surface area (TPSA) is 75.4 Å². The molecule has 0 saturated heterocycles. The summed E-state index contributed by atoms with van der Waals surface area (Å²) < 4.78 is 4.68. The van der Waals surface area contributed by atoms with Crippen LogP contribution in [0.3, 0.4) is 0 Å². The van der Waals surface area contributed by atoms with Crippen LogP contribution in [-0.4, -0.2) is 22.8 Å². The Labute approximate surface area is 88.5 Å². The zero-order valence-electron chi connectivity index (χ0n) is 8.61. The summed E-state index contributed by atoms with van der Waals surface area (Å²) >= 11 is 0. The van der Waals surface area contributed by atoms with Gasteiger partial charge in [-0.25, -0.2) is 0 Å². The summed E-state index contributed by atoms with van der Waals surface area (Å²) in [5.74, 6) is -0.717. The second kappa shape index (κ2) is 7.00. The molecule has 0 aliphatic carbocycles. The van der Waals surface area contributed by atoms with Crippen molar-refractivity contribution in [2.45, 2.75) is 32.2 Å². The lowest BCUT2D eigenvalue weighted by molar-refractivity contribution is -0.137. The van der Waals surface area contributed by atoms with Crippen LogP contribution >= 0.6 is 0 Å². The van der Waals surface area contributed by atoms with Gasteiger partial charge in [-0.3, -0.25) is 4.79 Å². The van der Waals surface area contributed by atoms with E-state index in [2.05, 4.69) is 15.0 Å². The number of carboxylic acid groups (broad SMARTS) is 1. The van der Waals surface area contributed by atoms with E-state index in [1.54, 1.807) is 6.26 Å². The maximum atomic E-state index is 10.2. The predicted molar refractivity (Wildman–Crippen MR) is 54.3 cm³/mol. The first-order chi connectivity index (χ1) is 7.29. The number of carboxylic acids is 1. The number of carbonyl (C=O) groups is 1. The number of rotatable bonds is 8. The normalized spacial score (nSPS) is 10.4. The number of aliphatic carboxylic acids is 1. The smallest absolute Gasteiger partial charge is 0.303 e. The molecule has 2 N–H and O–H groups in total. The summed E-state index contributed by atoms with van der Waals surface area (Å²) in [5.41, 5.74) is 0.889. The Hall–Kier alpha value is -1.36. The molecular formula is C10H16N2O3. The fourth-order valence-corrected chi connectivity index (χ4v) is 1.25. The molecule has 0 bridgehead atoms. The Morgan fingerprint density at radius 3 is 3.00 bits per heavy atom. The highest BCUT2D eigenvalue weighted by atomic mass is 16.5. The first-order valence-electron chi connectivity index (χ1n) is 5.11. The van der Waals surface area contributed by atoms with Gasteiger partial charge in [-0.15, -0.1) is 0 Å². The van der Waals surface area contributed by atoms with Gasteiger partial charge in [0.1, 0.15) is 6.26 Å². The summed E-state index contributed by atoms with van der Waals surface area (Å²) in [6, 6.07) is 1.82. The van der Waals surface area contributed by atoms with Crippen molar-refractivity contribution in [2.24, 2.45) is 0 Å². The highest BCUT2D eigenvalue weighted by Gasteiger charge is 1.97. The van der Waals surface area contributed by atoms with Crippen molar-refractivity contribution < 1.29 is 14.4 Å². The van der Waals surface area contributed by atoms with Crippen molar-refractivity contribution in [3.8, 4) is 0 Å².